The van der Waals surface area contributed by atoms with Gasteiger partial charge in [-0.05, 0) is 61.2 Å². The van der Waals surface area contributed by atoms with Crippen molar-refractivity contribution >= 4 is 11.7 Å². The lowest BCUT2D eigenvalue weighted by Crippen LogP contribution is -2.47. The first kappa shape index (κ1) is 30.4. The van der Waals surface area contributed by atoms with Gasteiger partial charge in [-0.25, -0.2) is 0 Å². The number of fused-ring (bicyclic) bond motifs is 1. The van der Waals surface area contributed by atoms with Gasteiger partial charge in [0, 0.05) is 39.5 Å². The standard InChI is InChI=1S/C29H38N2O7.CH4.H2/c1-36-23-10-7-20(8-11-23)25(33)5-3-2-4-6-28(34)30-24(19-31-14-13-22(32)18-31)29(35)21-9-12-26-27(17-21)38-16-15-37-26;;/h7-12,17,22,24,29,32,35H,2-6,13-16,18-19H2,1H3,(H,30,34);1H4;1H/t22-,24+,29+;;/m0../s1. The van der Waals surface area contributed by atoms with Crippen LogP contribution in [0.5, 0.6) is 17.2 Å². The minimum Gasteiger partial charge on any atom is -0.497 e. The number of unbranched alkanes of at least 4 members (excludes halogenated alkanes) is 2. The summed E-state index contributed by atoms with van der Waals surface area (Å²) < 4.78 is 16.4. The van der Waals surface area contributed by atoms with Gasteiger partial charge in [0.15, 0.2) is 17.3 Å². The maximum Gasteiger partial charge on any atom is 0.220 e. The van der Waals surface area contributed by atoms with Crippen LogP contribution in [-0.2, 0) is 4.79 Å². The van der Waals surface area contributed by atoms with Gasteiger partial charge >= 0.3 is 0 Å². The summed E-state index contributed by atoms with van der Waals surface area (Å²) in [6.45, 7) is 2.59. The van der Waals surface area contributed by atoms with Crippen molar-refractivity contribution in [3.05, 3.63) is 53.6 Å². The first-order chi connectivity index (χ1) is 18.4. The maximum atomic E-state index is 12.8. The van der Waals surface area contributed by atoms with E-state index < -0.39 is 18.2 Å². The molecule has 0 spiro atoms. The molecule has 1 saturated heterocycles. The smallest absolute Gasteiger partial charge is 0.220 e. The Morgan fingerprint density at radius 3 is 2.49 bits per heavy atom. The number of likely N-dealkylation sites (tertiary alicyclic amines) is 1. The summed E-state index contributed by atoms with van der Waals surface area (Å²) in [6, 6.07) is 11.9. The maximum absolute atomic E-state index is 12.8. The number of nitrogens with zero attached hydrogens (tertiary/aromatic N) is 1. The summed E-state index contributed by atoms with van der Waals surface area (Å²) in [7, 11) is 1.59. The number of ketones is 1. The summed E-state index contributed by atoms with van der Waals surface area (Å²) in [4.78, 5) is 27.3. The molecule has 4 rings (SSSR count). The molecule has 0 radical (unpaired) electrons. The van der Waals surface area contributed by atoms with E-state index >= 15 is 0 Å². The van der Waals surface area contributed by atoms with E-state index in [1.165, 1.54) is 0 Å². The average Bonchev–Trinajstić information content (AvgIpc) is 3.36. The first-order valence-electron chi connectivity index (χ1n) is 13.4. The van der Waals surface area contributed by atoms with Gasteiger partial charge in [0.1, 0.15) is 25.1 Å². The van der Waals surface area contributed by atoms with E-state index in [1.54, 1.807) is 49.6 Å². The molecule has 39 heavy (non-hydrogen) atoms. The normalized spacial score (nSPS) is 18.1. The van der Waals surface area contributed by atoms with Crippen LogP contribution in [0.3, 0.4) is 0 Å². The molecule has 1 fully saturated rings. The lowest BCUT2D eigenvalue weighted by molar-refractivity contribution is -0.123. The van der Waals surface area contributed by atoms with E-state index in [1.807, 2.05) is 0 Å². The third kappa shape index (κ3) is 8.68. The molecule has 2 aromatic carbocycles. The quantitative estimate of drug-likeness (QED) is 0.258. The zero-order chi connectivity index (χ0) is 26.9. The number of benzene rings is 2. The Bertz CT molecular complexity index is 1080. The largest absolute Gasteiger partial charge is 0.497 e. The van der Waals surface area contributed by atoms with Crippen molar-refractivity contribution in [1.29, 1.82) is 0 Å². The molecule has 3 atom stereocenters. The molecule has 2 aliphatic rings. The predicted molar refractivity (Wildman–Crippen MR) is 151 cm³/mol. The number of β-amino-alcohol motifs (C(OH)–C–C–N with tert-alkyl or cyclic N) is 1. The van der Waals surface area contributed by atoms with E-state index in [4.69, 9.17) is 14.2 Å². The van der Waals surface area contributed by atoms with Crippen molar-refractivity contribution in [3.8, 4) is 17.2 Å². The van der Waals surface area contributed by atoms with E-state index in [2.05, 4.69) is 10.2 Å². The lowest BCUT2D eigenvalue weighted by Gasteiger charge is -2.29. The van der Waals surface area contributed by atoms with Crippen LogP contribution in [0.2, 0.25) is 0 Å². The van der Waals surface area contributed by atoms with Gasteiger partial charge in [-0.2, -0.15) is 0 Å². The predicted octanol–water partition coefficient (Wildman–Crippen LogP) is 3.77. The van der Waals surface area contributed by atoms with E-state index in [0.29, 0.717) is 93.3 Å². The van der Waals surface area contributed by atoms with Crippen molar-refractivity contribution in [2.24, 2.45) is 0 Å². The number of rotatable bonds is 13. The van der Waals surface area contributed by atoms with Crippen molar-refractivity contribution in [3.63, 3.8) is 0 Å². The zero-order valence-corrected chi connectivity index (χ0v) is 21.9. The highest BCUT2D eigenvalue weighted by Gasteiger charge is 2.29. The second-order valence-corrected chi connectivity index (χ2v) is 9.94. The molecule has 0 aliphatic carbocycles. The minimum absolute atomic E-state index is 0. The van der Waals surface area contributed by atoms with Crippen LogP contribution >= 0.6 is 0 Å². The van der Waals surface area contributed by atoms with Crippen LogP contribution in [0.25, 0.3) is 0 Å². The number of hydrogen-bond donors (Lipinski definition) is 3. The fraction of sp³-hybridized carbons (Fsp3) is 0.533. The monoisotopic (exact) mass is 544 g/mol. The van der Waals surface area contributed by atoms with Crippen LogP contribution < -0.4 is 19.5 Å². The fourth-order valence-corrected chi connectivity index (χ4v) is 4.90. The first-order valence-corrected chi connectivity index (χ1v) is 13.4. The number of carbonyl (C=O) groups excluding carboxylic acids is 2. The summed E-state index contributed by atoms with van der Waals surface area (Å²) in [6.07, 6.45) is 2.18. The van der Waals surface area contributed by atoms with E-state index in [9.17, 15) is 19.8 Å². The van der Waals surface area contributed by atoms with Crippen LogP contribution in [0.15, 0.2) is 42.5 Å². The fourth-order valence-electron chi connectivity index (χ4n) is 4.90. The molecule has 0 aromatic heterocycles. The topological polar surface area (TPSA) is 118 Å². The van der Waals surface area contributed by atoms with Gasteiger partial charge < -0.3 is 29.7 Å². The second kappa shape index (κ2) is 14.9. The summed E-state index contributed by atoms with van der Waals surface area (Å²) >= 11 is 0. The Balaban J connectivity index is 0.00000280. The Morgan fingerprint density at radius 2 is 1.79 bits per heavy atom. The van der Waals surface area contributed by atoms with Gasteiger partial charge in [-0.15, -0.1) is 0 Å². The van der Waals surface area contributed by atoms with Gasteiger partial charge in [0.05, 0.1) is 19.3 Å². The van der Waals surface area contributed by atoms with Gasteiger partial charge in [-0.1, -0.05) is 19.9 Å². The van der Waals surface area contributed by atoms with Crippen LogP contribution in [0.1, 0.15) is 69.4 Å². The minimum atomic E-state index is -0.949. The molecule has 2 heterocycles. The summed E-state index contributed by atoms with van der Waals surface area (Å²) in [5.41, 5.74) is 1.29. The molecule has 3 N–H and O–H groups in total. The van der Waals surface area contributed by atoms with E-state index in [0.717, 1.165) is 6.42 Å². The average molecular weight is 545 g/mol. The molecule has 1 amide bonds. The highest BCUT2D eigenvalue weighted by molar-refractivity contribution is 5.96. The van der Waals surface area contributed by atoms with Gasteiger partial charge in [0.2, 0.25) is 5.91 Å². The van der Waals surface area contributed by atoms with Crippen LogP contribution in [-0.4, -0.2) is 78.9 Å². The van der Waals surface area contributed by atoms with Gasteiger partial charge in [0.25, 0.3) is 0 Å². The third-order valence-corrected chi connectivity index (χ3v) is 7.06. The third-order valence-electron chi connectivity index (χ3n) is 7.06. The molecular weight excluding hydrogens is 500 g/mol. The van der Waals surface area contributed by atoms with Crippen molar-refractivity contribution in [1.82, 2.24) is 10.2 Å². The molecule has 0 bridgehead atoms. The molecule has 0 unspecified atom stereocenters. The number of carbonyl (C=O) groups is 2. The van der Waals surface area contributed by atoms with Crippen molar-refractivity contribution < 1.29 is 35.4 Å². The molecular formula is C30H44N2O7. The lowest BCUT2D eigenvalue weighted by atomic mass is 10.00. The molecule has 216 valence electrons. The number of aliphatic hydroxyl groups is 2. The zero-order valence-electron chi connectivity index (χ0n) is 21.9. The number of Topliss-reactive ketones (excluding diaryl/α,β-unsaturated/α-hetero) is 1. The van der Waals surface area contributed by atoms with Crippen LogP contribution in [0, 0.1) is 0 Å². The number of nitrogens with one attached hydrogen (secondary N) is 1. The summed E-state index contributed by atoms with van der Waals surface area (Å²) in [5.74, 6) is 1.87. The molecule has 2 aliphatic heterocycles. The SMILES string of the molecule is C.COc1ccc(C(=O)CCCCCC(=O)N[C@H](CN2CC[C@H](O)C2)[C@H](O)c2ccc3c(c2)OCCO3)cc1.[HH]. The highest BCUT2D eigenvalue weighted by atomic mass is 16.6. The highest BCUT2D eigenvalue weighted by Crippen LogP contribution is 2.33. The van der Waals surface area contributed by atoms with Crippen LogP contribution in [0.4, 0.5) is 0 Å². The molecule has 9 nitrogen and oxygen atoms in total. The number of methoxy groups -OCH3 is 1. The number of ether oxygens (including phenoxy) is 3. The van der Waals surface area contributed by atoms with Crippen molar-refractivity contribution in [2.45, 2.75) is 64.2 Å². The van der Waals surface area contributed by atoms with E-state index in [-0.39, 0.29) is 20.5 Å². The number of aliphatic hydroxyl groups excluding tert-OH is 2. The molecule has 9 heteroatoms. The molecule has 0 saturated carbocycles. The Kier molecular flexibility index (Phi) is 11.6. The second-order valence-electron chi connectivity index (χ2n) is 9.94. The number of amides is 1. The Morgan fingerprint density at radius 1 is 1.08 bits per heavy atom. The number of hydrogen-bond acceptors (Lipinski definition) is 8. The van der Waals surface area contributed by atoms with Crippen molar-refractivity contribution in [2.75, 3.05) is 40.0 Å². The Hall–Kier alpha value is -3.14. The molecule has 2 aromatic rings. The summed E-state index contributed by atoms with van der Waals surface area (Å²) in [5, 5.41) is 24.2. The Labute approximate surface area is 232 Å². The van der Waals surface area contributed by atoms with Gasteiger partial charge in [-0.3, -0.25) is 14.5 Å².